The van der Waals surface area contributed by atoms with Gasteiger partial charge >= 0.3 is 6.09 Å². The Hall–Kier alpha value is -2.67. The number of aryl methyl sites for hydroxylation is 1. The predicted molar refractivity (Wildman–Crippen MR) is 117 cm³/mol. The molecule has 3 heterocycles. The van der Waals surface area contributed by atoms with Gasteiger partial charge in [0.05, 0.1) is 17.2 Å². The first-order chi connectivity index (χ1) is 13.6. The molecule has 2 aromatic heterocycles. The molecule has 0 aliphatic carbocycles. The van der Waals surface area contributed by atoms with Crippen molar-refractivity contribution in [1.82, 2.24) is 9.88 Å². The summed E-state index contributed by atoms with van der Waals surface area (Å²) in [6.07, 6.45) is -0.601. The maximum absolute atomic E-state index is 13.5. The lowest BCUT2D eigenvalue weighted by atomic mass is 10.1. The Morgan fingerprint density at radius 1 is 1.24 bits per heavy atom. The summed E-state index contributed by atoms with van der Waals surface area (Å²) < 4.78 is 6.53. The third-order valence-corrected chi connectivity index (χ3v) is 6.13. The fourth-order valence-corrected chi connectivity index (χ4v) is 5.05. The first-order valence-electron chi connectivity index (χ1n) is 9.67. The van der Waals surface area contributed by atoms with Crippen molar-refractivity contribution in [2.24, 2.45) is 0 Å². The van der Waals surface area contributed by atoms with Gasteiger partial charge in [-0.1, -0.05) is 6.07 Å². The smallest absolute Gasteiger partial charge is 0.417 e. The van der Waals surface area contributed by atoms with Crippen LogP contribution in [0.1, 0.15) is 43.1 Å². The summed E-state index contributed by atoms with van der Waals surface area (Å²) in [5.41, 5.74) is 2.05. The number of imide groups is 1. The van der Waals surface area contributed by atoms with Gasteiger partial charge in [-0.2, -0.15) is 0 Å². The maximum atomic E-state index is 13.5. The fraction of sp³-hybridized carbons (Fsp3) is 0.409. The van der Waals surface area contributed by atoms with Crippen LogP contribution in [0.25, 0.3) is 21.0 Å². The minimum absolute atomic E-state index is 0.305. The number of hydrogen-bond acceptors (Lipinski definition) is 6. The Morgan fingerprint density at radius 2 is 1.97 bits per heavy atom. The van der Waals surface area contributed by atoms with Gasteiger partial charge in [-0.15, -0.1) is 11.3 Å². The van der Waals surface area contributed by atoms with Crippen LogP contribution in [0.5, 0.6) is 0 Å². The van der Waals surface area contributed by atoms with Crippen molar-refractivity contribution < 1.29 is 14.3 Å². The monoisotopic (exact) mass is 411 g/mol. The van der Waals surface area contributed by atoms with Crippen LogP contribution >= 0.6 is 11.3 Å². The highest BCUT2D eigenvalue weighted by Gasteiger charge is 2.38. The van der Waals surface area contributed by atoms with Crippen LogP contribution in [0.2, 0.25) is 0 Å². The molecule has 4 rings (SSSR count). The maximum Gasteiger partial charge on any atom is 0.417 e. The Balaban J connectivity index is 1.91. The van der Waals surface area contributed by atoms with Crippen molar-refractivity contribution in [2.75, 3.05) is 18.5 Å². The minimum Gasteiger partial charge on any atom is -0.443 e. The molecule has 0 bridgehead atoms. The number of aromatic nitrogens is 1. The first kappa shape index (κ1) is 19.6. The van der Waals surface area contributed by atoms with E-state index in [1.54, 1.807) is 20.8 Å². The Labute approximate surface area is 174 Å². The molecule has 0 unspecified atom stereocenters. The number of likely N-dealkylation sites (N-methyl/N-ethyl adjacent to an activating group) is 1. The van der Waals surface area contributed by atoms with E-state index in [2.05, 4.69) is 16.0 Å². The molecule has 2 amide bonds. The van der Waals surface area contributed by atoms with Gasteiger partial charge in [0, 0.05) is 34.8 Å². The van der Waals surface area contributed by atoms with Crippen LogP contribution in [-0.4, -0.2) is 47.1 Å². The van der Waals surface area contributed by atoms with E-state index in [0.29, 0.717) is 11.4 Å². The zero-order chi connectivity index (χ0) is 21.1. The van der Waals surface area contributed by atoms with Gasteiger partial charge in [0.15, 0.2) is 0 Å². The number of carbonyl (C=O) groups is 2. The molecule has 0 N–H and O–H groups in total. The summed E-state index contributed by atoms with van der Waals surface area (Å²) in [5, 5.41) is 2.03. The van der Waals surface area contributed by atoms with Gasteiger partial charge < -0.3 is 9.64 Å². The molecule has 0 saturated heterocycles. The Bertz CT molecular complexity index is 1150. The minimum atomic E-state index is -0.669. The zero-order valence-corrected chi connectivity index (χ0v) is 18.4. The van der Waals surface area contributed by atoms with E-state index in [0.717, 1.165) is 32.4 Å². The topological polar surface area (TPSA) is 62.7 Å². The van der Waals surface area contributed by atoms with Crippen LogP contribution in [0.3, 0.4) is 0 Å². The molecule has 0 saturated carbocycles. The van der Waals surface area contributed by atoms with Crippen LogP contribution in [-0.2, 0) is 4.74 Å². The highest BCUT2D eigenvalue weighted by Crippen LogP contribution is 2.44. The molecule has 1 aliphatic heterocycles. The van der Waals surface area contributed by atoms with E-state index in [4.69, 9.17) is 4.74 Å². The normalized spacial score (nSPS) is 17.6. The summed E-state index contributed by atoms with van der Waals surface area (Å²) in [4.78, 5) is 34.8. The third kappa shape index (κ3) is 3.33. The molecule has 152 valence electrons. The highest BCUT2D eigenvalue weighted by atomic mass is 32.1. The summed E-state index contributed by atoms with van der Waals surface area (Å²) in [7, 11) is 1.97. The third-order valence-electron chi connectivity index (χ3n) is 5.00. The SMILES string of the molecule is Cc1ccc2c(ccc3sc4c(c32)N(C)C[C@H](C)N(C(=O)OC(C)(C)C)C4=O)n1. The number of thiophene rings is 1. The average molecular weight is 412 g/mol. The van der Waals surface area contributed by atoms with Crippen LogP contribution in [0.15, 0.2) is 24.3 Å². The molecule has 1 atom stereocenters. The first-order valence-corrected chi connectivity index (χ1v) is 10.5. The molecule has 6 nitrogen and oxygen atoms in total. The molecule has 29 heavy (non-hydrogen) atoms. The summed E-state index contributed by atoms with van der Waals surface area (Å²) in [6, 6.07) is 7.73. The van der Waals surface area contributed by atoms with Crippen molar-refractivity contribution in [2.45, 2.75) is 46.3 Å². The molecule has 0 fully saturated rings. The molecule has 0 radical (unpaired) electrons. The van der Waals surface area contributed by atoms with E-state index in [9.17, 15) is 9.59 Å². The number of rotatable bonds is 0. The number of nitrogens with zero attached hydrogens (tertiary/aromatic N) is 3. The number of hydrogen-bond donors (Lipinski definition) is 0. The lowest BCUT2D eigenvalue weighted by Gasteiger charge is -2.29. The van der Waals surface area contributed by atoms with Gasteiger partial charge in [0.1, 0.15) is 10.5 Å². The van der Waals surface area contributed by atoms with Crippen molar-refractivity contribution >= 4 is 50.0 Å². The number of benzene rings is 1. The number of fused-ring (bicyclic) bond motifs is 5. The molecule has 1 aliphatic rings. The summed E-state index contributed by atoms with van der Waals surface area (Å²) in [6.45, 7) is 9.77. The van der Waals surface area contributed by atoms with E-state index < -0.39 is 11.7 Å². The quantitative estimate of drug-likeness (QED) is 0.522. The molecule has 3 aromatic rings. The zero-order valence-electron chi connectivity index (χ0n) is 17.6. The second-order valence-electron chi connectivity index (χ2n) is 8.62. The summed E-state index contributed by atoms with van der Waals surface area (Å²) >= 11 is 1.42. The average Bonchev–Trinajstić information content (AvgIpc) is 2.96. The number of anilines is 1. The lowest BCUT2D eigenvalue weighted by Crippen LogP contribution is -2.47. The van der Waals surface area contributed by atoms with E-state index in [1.165, 1.54) is 16.2 Å². The summed E-state index contributed by atoms with van der Waals surface area (Å²) in [5.74, 6) is -0.305. The van der Waals surface area contributed by atoms with E-state index in [1.807, 2.05) is 39.1 Å². The predicted octanol–water partition coefficient (Wildman–Crippen LogP) is 4.97. The van der Waals surface area contributed by atoms with Gasteiger partial charge in [0.25, 0.3) is 5.91 Å². The van der Waals surface area contributed by atoms with Crippen LogP contribution in [0.4, 0.5) is 10.5 Å². The van der Waals surface area contributed by atoms with Crippen LogP contribution in [0, 0.1) is 6.92 Å². The molecular weight excluding hydrogens is 386 g/mol. The standard InChI is InChI=1S/C22H25N3O3S/c1-12-7-8-14-15(23-12)9-10-16-17(14)18-19(29-16)20(26)25(13(2)11-24(18)6)21(27)28-22(3,4)5/h7-10,13H,11H2,1-6H3/t13-/m0/s1. The van der Waals surface area contributed by atoms with Gasteiger partial charge in [-0.25, -0.2) is 9.69 Å². The lowest BCUT2D eigenvalue weighted by molar-refractivity contribution is 0.0190. The number of amides is 2. The van der Waals surface area contributed by atoms with Gasteiger partial charge in [-0.3, -0.25) is 9.78 Å². The van der Waals surface area contributed by atoms with Gasteiger partial charge in [-0.05, 0) is 52.8 Å². The molecule has 1 aromatic carbocycles. The number of pyridine rings is 1. The van der Waals surface area contributed by atoms with E-state index >= 15 is 0 Å². The highest BCUT2D eigenvalue weighted by molar-refractivity contribution is 7.21. The number of carbonyl (C=O) groups excluding carboxylic acids is 2. The Morgan fingerprint density at radius 3 is 2.66 bits per heavy atom. The van der Waals surface area contributed by atoms with Crippen molar-refractivity contribution in [3.05, 3.63) is 34.8 Å². The Kier molecular flexibility index (Phi) is 4.53. The van der Waals surface area contributed by atoms with Crippen molar-refractivity contribution in [3.63, 3.8) is 0 Å². The molecular formula is C22H25N3O3S. The largest absolute Gasteiger partial charge is 0.443 e. The molecule has 7 heteroatoms. The number of ether oxygens (including phenoxy) is 1. The van der Waals surface area contributed by atoms with Crippen LogP contribution < -0.4 is 4.90 Å². The second-order valence-corrected chi connectivity index (χ2v) is 9.68. The fourth-order valence-electron chi connectivity index (χ4n) is 3.85. The second kappa shape index (κ2) is 6.69. The van der Waals surface area contributed by atoms with Crippen molar-refractivity contribution in [3.8, 4) is 0 Å². The van der Waals surface area contributed by atoms with Crippen molar-refractivity contribution in [1.29, 1.82) is 0 Å². The van der Waals surface area contributed by atoms with Gasteiger partial charge in [0.2, 0.25) is 0 Å². The van der Waals surface area contributed by atoms with E-state index in [-0.39, 0.29) is 11.9 Å². The molecule has 0 spiro atoms.